The number of esters is 1. The largest absolute Gasteiger partial charge is 0.469 e. The van der Waals surface area contributed by atoms with Gasteiger partial charge in [0, 0.05) is 39.1 Å². The van der Waals surface area contributed by atoms with Crippen molar-refractivity contribution in [1.29, 1.82) is 0 Å². The molecule has 108 valence electrons. The van der Waals surface area contributed by atoms with Crippen LogP contribution in [0.4, 0.5) is 0 Å². The summed E-state index contributed by atoms with van der Waals surface area (Å²) < 4.78 is 4.63. The van der Waals surface area contributed by atoms with Crippen LogP contribution in [0, 0.1) is 5.92 Å². The molecule has 0 bridgehead atoms. The first-order valence-corrected chi connectivity index (χ1v) is 7.26. The van der Waals surface area contributed by atoms with Gasteiger partial charge in [-0.3, -0.25) is 14.5 Å². The summed E-state index contributed by atoms with van der Waals surface area (Å²) in [5.74, 6) is 0.797. The highest BCUT2D eigenvalue weighted by atomic mass is 16.5. The molecule has 1 aliphatic carbocycles. The monoisotopic (exact) mass is 268 g/mol. The molecular formula is C14H24N2O3. The highest BCUT2D eigenvalue weighted by Crippen LogP contribution is 2.29. The van der Waals surface area contributed by atoms with E-state index in [-0.39, 0.29) is 5.97 Å². The van der Waals surface area contributed by atoms with Crippen LogP contribution in [-0.4, -0.2) is 61.5 Å². The van der Waals surface area contributed by atoms with Crippen molar-refractivity contribution in [3.05, 3.63) is 0 Å². The maximum atomic E-state index is 12.1. The summed E-state index contributed by atoms with van der Waals surface area (Å²) in [6, 6.07) is 0. The molecule has 1 saturated carbocycles. The third kappa shape index (κ3) is 4.20. The number of amides is 1. The van der Waals surface area contributed by atoms with Gasteiger partial charge >= 0.3 is 5.97 Å². The lowest BCUT2D eigenvalue weighted by Crippen LogP contribution is -2.49. The van der Waals surface area contributed by atoms with Gasteiger partial charge in [0.1, 0.15) is 0 Å². The Labute approximate surface area is 114 Å². The van der Waals surface area contributed by atoms with Crippen LogP contribution in [0.25, 0.3) is 0 Å². The first-order chi connectivity index (χ1) is 9.19. The van der Waals surface area contributed by atoms with Gasteiger partial charge < -0.3 is 9.64 Å². The van der Waals surface area contributed by atoms with E-state index in [9.17, 15) is 9.59 Å². The predicted octanol–water partition coefficient (Wildman–Crippen LogP) is 0.884. The summed E-state index contributed by atoms with van der Waals surface area (Å²) in [6.07, 6.45) is 4.92. The quantitative estimate of drug-likeness (QED) is 0.695. The van der Waals surface area contributed by atoms with E-state index >= 15 is 0 Å². The standard InChI is InChI=1S/C14H24N2O3/c1-19-14(18)5-6-15-7-9-16(10-8-15)13(17)11-12-3-2-4-12/h12H,2-11H2,1H3. The zero-order valence-electron chi connectivity index (χ0n) is 11.8. The van der Waals surface area contributed by atoms with Crippen LogP contribution < -0.4 is 0 Å². The molecule has 5 heteroatoms. The summed E-state index contributed by atoms with van der Waals surface area (Å²) in [7, 11) is 1.42. The van der Waals surface area contributed by atoms with Crippen molar-refractivity contribution in [1.82, 2.24) is 9.80 Å². The van der Waals surface area contributed by atoms with E-state index in [1.807, 2.05) is 4.90 Å². The Morgan fingerprint density at radius 1 is 1.16 bits per heavy atom. The van der Waals surface area contributed by atoms with Crippen molar-refractivity contribution < 1.29 is 14.3 Å². The number of methoxy groups -OCH3 is 1. The van der Waals surface area contributed by atoms with Crippen molar-refractivity contribution in [2.24, 2.45) is 5.92 Å². The molecule has 2 rings (SSSR count). The Hall–Kier alpha value is -1.10. The molecule has 0 radical (unpaired) electrons. The molecule has 1 amide bonds. The van der Waals surface area contributed by atoms with Crippen molar-refractivity contribution in [2.75, 3.05) is 39.8 Å². The van der Waals surface area contributed by atoms with Gasteiger partial charge in [-0.2, -0.15) is 0 Å². The normalized spacial score (nSPS) is 21.0. The Kier molecular flexibility index (Phi) is 5.19. The number of hydrogen-bond donors (Lipinski definition) is 0. The Bertz CT molecular complexity index is 321. The minimum atomic E-state index is -0.163. The third-order valence-corrected chi connectivity index (χ3v) is 4.27. The third-order valence-electron chi connectivity index (χ3n) is 4.27. The number of carbonyl (C=O) groups is 2. The second kappa shape index (κ2) is 6.89. The van der Waals surface area contributed by atoms with E-state index in [4.69, 9.17) is 0 Å². The van der Waals surface area contributed by atoms with Gasteiger partial charge in [-0.05, 0) is 18.8 Å². The Morgan fingerprint density at radius 3 is 2.37 bits per heavy atom. The second-order valence-electron chi connectivity index (χ2n) is 5.55. The molecule has 5 nitrogen and oxygen atoms in total. The molecule has 0 aromatic heterocycles. The van der Waals surface area contributed by atoms with Crippen LogP contribution in [0.2, 0.25) is 0 Å². The van der Waals surface area contributed by atoms with E-state index in [2.05, 4.69) is 9.64 Å². The van der Waals surface area contributed by atoms with Gasteiger partial charge in [0.05, 0.1) is 13.5 Å². The predicted molar refractivity (Wildman–Crippen MR) is 71.6 cm³/mol. The second-order valence-corrected chi connectivity index (χ2v) is 5.55. The number of nitrogens with zero attached hydrogens (tertiary/aromatic N) is 2. The lowest BCUT2D eigenvalue weighted by molar-refractivity contribution is -0.141. The highest BCUT2D eigenvalue weighted by molar-refractivity contribution is 5.76. The SMILES string of the molecule is COC(=O)CCN1CCN(C(=O)CC2CCC2)CC1. The van der Waals surface area contributed by atoms with Crippen molar-refractivity contribution in [3.63, 3.8) is 0 Å². The molecular weight excluding hydrogens is 244 g/mol. The minimum Gasteiger partial charge on any atom is -0.469 e. The number of carbonyl (C=O) groups excluding carboxylic acids is 2. The number of rotatable bonds is 5. The highest BCUT2D eigenvalue weighted by Gasteiger charge is 2.26. The van der Waals surface area contributed by atoms with E-state index in [0.717, 1.165) is 39.1 Å². The Balaban J connectivity index is 1.63. The number of hydrogen-bond acceptors (Lipinski definition) is 4. The summed E-state index contributed by atoms with van der Waals surface area (Å²) in [4.78, 5) is 27.3. The van der Waals surface area contributed by atoms with E-state index < -0.39 is 0 Å². The van der Waals surface area contributed by atoms with Crippen LogP contribution in [0.1, 0.15) is 32.1 Å². The molecule has 1 saturated heterocycles. The molecule has 0 spiro atoms. The molecule has 19 heavy (non-hydrogen) atoms. The van der Waals surface area contributed by atoms with Gasteiger partial charge in [0.15, 0.2) is 0 Å². The first kappa shape index (κ1) is 14.3. The van der Waals surface area contributed by atoms with Crippen molar-refractivity contribution >= 4 is 11.9 Å². The molecule has 0 aromatic carbocycles. The molecule has 1 heterocycles. The van der Waals surface area contributed by atoms with E-state index in [1.165, 1.54) is 26.4 Å². The summed E-state index contributed by atoms with van der Waals surface area (Å²) in [5.41, 5.74) is 0. The molecule has 0 aromatic rings. The zero-order chi connectivity index (χ0) is 13.7. The summed E-state index contributed by atoms with van der Waals surface area (Å²) >= 11 is 0. The van der Waals surface area contributed by atoms with E-state index in [1.54, 1.807) is 0 Å². The van der Waals surface area contributed by atoms with Crippen LogP contribution in [0.15, 0.2) is 0 Å². The maximum absolute atomic E-state index is 12.1. The van der Waals surface area contributed by atoms with Gasteiger partial charge in [-0.15, -0.1) is 0 Å². The maximum Gasteiger partial charge on any atom is 0.306 e. The molecule has 2 fully saturated rings. The van der Waals surface area contributed by atoms with Crippen LogP contribution >= 0.6 is 0 Å². The molecule has 0 N–H and O–H groups in total. The fraction of sp³-hybridized carbons (Fsp3) is 0.857. The summed E-state index contributed by atoms with van der Waals surface area (Å²) in [6.45, 7) is 4.07. The summed E-state index contributed by atoms with van der Waals surface area (Å²) in [5, 5.41) is 0. The number of piperazine rings is 1. The van der Waals surface area contributed by atoms with Crippen LogP contribution in [-0.2, 0) is 14.3 Å². The topological polar surface area (TPSA) is 49.9 Å². The molecule has 2 aliphatic rings. The lowest BCUT2D eigenvalue weighted by atomic mass is 9.82. The molecule has 0 unspecified atom stereocenters. The lowest BCUT2D eigenvalue weighted by Gasteiger charge is -2.36. The Morgan fingerprint density at radius 2 is 1.84 bits per heavy atom. The van der Waals surface area contributed by atoms with Crippen molar-refractivity contribution in [2.45, 2.75) is 32.1 Å². The van der Waals surface area contributed by atoms with Gasteiger partial charge in [-0.25, -0.2) is 0 Å². The van der Waals surface area contributed by atoms with Gasteiger partial charge in [0.2, 0.25) is 5.91 Å². The molecule has 0 atom stereocenters. The van der Waals surface area contributed by atoms with Crippen LogP contribution in [0.3, 0.4) is 0 Å². The fourth-order valence-electron chi connectivity index (χ4n) is 2.65. The fourth-order valence-corrected chi connectivity index (χ4v) is 2.65. The minimum absolute atomic E-state index is 0.163. The first-order valence-electron chi connectivity index (χ1n) is 7.26. The van der Waals surface area contributed by atoms with Crippen molar-refractivity contribution in [3.8, 4) is 0 Å². The van der Waals surface area contributed by atoms with Gasteiger partial charge in [0.25, 0.3) is 0 Å². The average molecular weight is 268 g/mol. The number of ether oxygens (including phenoxy) is 1. The van der Waals surface area contributed by atoms with E-state index in [0.29, 0.717) is 18.2 Å². The average Bonchev–Trinajstić information content (AvgIpc) is 2.40. The van der Waals surface area contributed by atoms with Crippen LogP contribution in [0.5, 0.6) is 0 Å². The van der Waals surface area contributed by atoms with Gasteiger partial charge in [-0.1, -0.05) is 6.42 Å². The zero-order valence-corrected chi connectivity index (χ0v) is 11.8. The smallest absolute Gasteiger partial charge is 0.306 e. The molecule has 1 aliphatic heterocycles.